The summed E-state index contributed by atoms with van der Waals surface area (Å²) in [7, 11) is -5.55. The Morgan fingerprint density at radius 2 is 1.13 bits per heavy atom. The van der Waals surface area contributed by atoms with Crippen molar-refractivity contribution >= 4 is 31.4 Å². The van der Waals surface area contributed by atoms with Crippen LogP contribution in [-0.4, -0.2) is 50.3 Å². The molecule has 138 valence electrons. The minimum Gasteiger partial charge on any atom is -0.259 e. The number of hydrogen-bond donors (Lipinski definition) is 0. The summed E-state index contributed by atoms with van der Waals surface area (Å²) in [6.07, 6.45) is 8.28. The van der Waals surface area contributed by atoms with E-state index in [1.165, 1.54) is 0 Å². The number of sulfone groups is 1. The van der Waals surface area contributed by atoms with Gasteiger partial charge in [0.1, 0.15) is 0 Å². The molecule has 7 heteroatoms. The van der Waals surface area contributed by atoms with Crippen LogP contribution in [0.5, 0.6) is 0 Å². The Balaban J connectivity index is 2.56. The zero-order chi connectivity index (χ0) is 17.3. The largest absolute Gasteiger partial charge is 0.259 e. The first-order valence-electron chi connectivity index (χ1n) is 8.86. The summed E-state index contributed by atoms with van der Waals surface area (Å²) in [5, 5.41) is -0.845. The molecule has 0 aromatic heterocycles. The van der Waals surface area contributed by atoms with Gasteiger partial charge in [-0.15, -0.1) is 0 Å². The van der Waals surface area contributed by atoms with Gasteiger partial charge in [-0.25, -0.2) is 8.42 Å². The third-order valence-corrected chi connectivity index (χ3v) is 10.4. The fourth-order valence-electron chi connectivity index (χ4n) is 2.92. The maximum absolute atomic E-state index is 12.5. The van der Waals surface area contributed by atoms with E-state index in [2.05, 4.69) is 13.8 Å². The molecule has 1 saturated heterocycles. The van der Waals surface area contributed by atoms with Crippen LogP contribution in [0.3, 0.4) is 0 Å². The third kappa shape index (κ3) is 7.78. The van der Waals surface area contributed by atoms with Gasteiger partial charge in [-0.3, -0.25) is 8.42 Å². The smallest absolute Gasteiger partial charge is 0.152 e. The van der Waals surface area contributed by atoms with E-state index in [1.54, 1.807) is 0 Å². The lowest BCUT2D eigenvalue weighted by Crippen LogP contribution is -2.34. The molecule has 1 aliphatic rings. The molecule has 1 rings (SSSR count). The summed E-state index contributed by atoms with van der Waals surface area (Å²) in [5.41, 5.74) is 0. The molecule has 4 atom stereocenters. The van der Waals surface area contributed by atoms with Crippen molar-refractivity contribution in [3.63, 3.8) is 0 Å². The van der Waals surface area contributed by atoms with Crippen LogP contribution in [0.2, 0.25) is 0 Å². The zero-order valence-electron chi connectivity index (χ0n) is 14.5. The van der Waals surface area contributed by atoms with Gasteiger partial charge in [0.15, 0.2) is 9.84 Å². The normalized spacial score (nSPS) is 26.2. The van der Waals surface area contributed by atoms with Crippen LogP contribution in [0.4, 0.5) is 0 Å². The van der Waals surface area contributed by atoms with Crippen molar-refractivity contribution in [1.82, 2.24) is 0 Å². The van der Waals surface area contributed by atoms with Crippen LogP contribution >= 0.6 is 0 Å². The summed E-state index contributed by atoms with van der Waals surface area (Å²) >= 11 is 0. The summed E-state index contributed by atoms with van der Waals surface area (Å²) in [4.78, 5) is 0. The second kappa shape index (κ2) is 11.0. The van der Waals surface area contributed by atoms with Crippen molar-refractivity contribution in [2.45, 2.75) is 75.7 Å². The van der Waals surface area contributed by atoms with E-state index in [0.29, 0.717) is 11.5 Å². The van der Waals surface area contributed by atoms with E-state index in [0.717, 1.165) is 51.4 Å². The Bertz CT molecular complexity index is 450. The molecule has 0 unspecified atom stereocenters. The van der Waals surface area contributed by atoms with Crippen molar-refractivity contribution in [2.24, 2.45) is 0 Å². The summed E-state index contributed by atoms with van der Waals surface area (Å²) in [6, 6.07) is 0. The highest BCUT2D eigenvalue weighted by Gasteiger charge is 2.43. The molecule has 1 heterocycles. The minimum absolute atomic E-state index is 0.0429. The lowest BCUT2D eigenvalue weighted by atomic mass is 10.2. The summed E-state index contributed by atoms with van der Waals surface area (Å²) in [6.45, 7) is 4.25. The quantitative estimate of drug-likeness (QED) is 0.485. The highest BCUT2D eigenvalue weighted by Crippen LogP contribution is 2.24. The predicted molar refractivity (Wildman–Crippen MR) is 101 cm³/mol. The zero-order valence-corrected chi connectivity index (χ0v) is 16.9. The first-order valence-corrected chi connectivity index (χ1v) is 13.4. The van der Waals surface area contributed by atoms with Crippen molar-refractivity contribution < 1.29 is 16.8 Å². The fraction of sp³-hybridized carbons (Fsp3) is 1.00. The molecule has 0 aliphatic carbocycles. The maximum Gasteiger partial charge on any atom is 0.152 e. The molecule has 0 radical (unpaired) electrons. The Morgan fingerprint density at radius 3 is 1.48 bits per heavy atom. The lowest BCUT2D eigenvalue weighted by molar-refractivity contribution is 0.602. The Morgan fingerprint density at radius 1 is 0.739 bits per heavy atom. The first kappa shape index (κ1) is 21.3. The van der Waals surface area contributed by atoms with Gasteiger partial charge in [0.2, 0.25) is 0 Å². The van der Waals surface area contributed by atoms with Crippen molar-refractivity contribution in [3.05, 3.63) is 0 Å². The van der Waals surface area contributed by atoms with Gasteiger partial charge in [-0.1, -0.05) is 52.4 Å². The van der Waals surface area contributed by atoms with Gasteiger partial charge in [0.05, 0.1) is 22.0 Å². The van der Waals surface area contributed by atoms with Gasteiger partial charge >= 0.3 is 0 Å². The molecule has 0 N–H and O–H groups in total. The molecule has 0 bridgehead atoms. The molecule has 1 aliphatic heterocycles. The Kier molecular flexibility index (Phi) is 10.2. The maximum atomic E-state index is 12.5. The van der Waals surface area contributed by atoms with Crippen LogP contribution in [0.25, 0.3) is 0 Å². The van der Waals surface area contributed by atoms with Gasteiger partial charge < -0.3 is 0 Å². The summed E-state index contributed by atoms with van der Waals surface area (Å²) < 4.78 is 48.9. The topological polar surface area (TPSA) is 68.3 Å². The van der Waals surface area contributed by atoms with Crippen LogP contribution in [0.15, 0.2) is 0 Å². The van der Waals surface area contributed by atoms with Crippen molar-refractivity contribution in [1.29, 1.82) is 0 Å². The second-order valence-corrected chi connectivity index (χ2v) is 12.1. The molecule has 0 amide bonds. The monoisotopic (exact) mass is 384 g/mol. The first-order chi connectivity index (χ1) is 10.9. The van der Waals surface area contributed by atoms with Gasteiger partial charge in [0.25, 0.3) is 0 Å². The highest BCUT2D eigenvalue weighted by atomic mass is 32.2. The average molecular weight is 385 g/mol. The van der Waals surface area contributed by atoms with Crippen LogP contribution < -0.4 is 0 Å². The Labute approximate surface area is 147 Å². The minimum atomic E-state index is -3.19. The summed E-state index contributed by atoms with van der Waals surface area (Å²) in [5.74, 6) is 1.00. The van der Waals surface area contributed by atoms with E-state index < -0.39 is 41.9 Å². The second-order valence-electron chi connectivity index (χ2n) is 6.44. The average Bonchev–Trinajstić information content (AvgIpc) is 2.84. The predicted octanol–water partition coefficient (Wildman–Crippen LogP) is 2.81. The third-order valence-electron chi connectivity index (χ3n) is 4.32. The molecule has 4 nitrogen and oxygen atoms in total. The van der Waals surface area contributed by atoms with Crippen molar-refractivity contribution in [3.8, 4) is 0 Å². The fourth-order valence-corrected chi connectivity index (χ4v) is 10.4. The van der Waals surface area contributed by atoms with Crippen LogP contribution in [-0.2, 0) is 31.4 Å². The van der Waals surface area contributed by atoms with E-state index in [9.17, 15) is 16.8 Å². The Hall–Kier alpha value is 0.250. The highest BCUT2D eigenvalue weighted by molar-refractivity contribution is 7.97. The SMILES string of the molecule is CCCCCC[S@](=O)[C@@H]1CS(=O)(=O)C[C@@H]1[S@@](=O)CCCCCC. The lowest BCUT2D eigenvalue weighted by Gasteiger charge is -2.17. The van der Waals surface area contributed by atoms with E-state index >= 15 is 0 Å². The molecule has 0 saturated carbocycles. The van der Waals surface area contributed by atoms with E-state index in [-0.39, 0.29) is 11.5 Å². The molecular formula is C16H32O4S3. The number of rotatable bonds is 12. The van der Waals surface area contributed by atoms with Gasteiger partial charge in [0, 0.05) is 33.1 Å². The molecule has 23 heavy (non-hydrogen) atoms. The van der Waals surface area contributed by atoms with Crippen molar-refractivity contribution in [2.75, 3.05) is 23.0 Å². The molecular weight excluding hydrogens is 352 g/mol. The van der Waals surface area contributed by atoms with Crippen LogP contribution in [0, 0.1) is 0 Å². The molecule has 0 spiro atoms. The van der Waals surface area contributed by atoms with E-state index in [1.807, 2.05) is 0 Å². The van der Waals surface area contributed by atoms with Gasteiger partial charge in [-0.05, 0) is 12.8 Å². The molecule has 0 aromatic carbocycles. The number of hydrogen-bond acceptors (Lipinski definition) is 4. The standard InChI is InChI=1S/C16H32O4S3/c1-3-5-7-9-11-21(17)15-13-23(19,20)14-16(15)22(18)12-10-8-6-4-2/h15-16H,3-14H2,1-2H3/t15-,16+,21-,22-/m0/s1. The van der Waals surface area contributed by atoms with Crippen LogP contribution in [0.1, 0.15) is 65.2 Å². The van der Waals surface area contributed by atoms with E-state index in [4.69, 9.17) is 0 Å². The number of unbranched alkanes of at least 4 members (excludes halogenated alkanes) is 6. The molecule has 0 aromatic rings. The molecule has 1 fully saturated rings. The van der Waals surface area contributed by atoms with Gasteiger partial charge in [-0.2, -0.15) is 0 Å².